The minimum atomic E-state index is -0.284. The maximum absolute atomic E-state index is 14.1. The molecule has 1 aliphatic heterocycles. The molecule has 1 atom stereocenters. The van der Waals surface area contributed by atoms with Gasteiger partial charge in [0.25, 0.3) is 0 Å². The second-order valence-electron chi connectivity index (χ2n) is 8.09. The van der Waals surface area contributed by atoms with E-state index in [1.165, 1.54) is 6.07 Å². The van der Waals surface area contributed by atoms with Gasteiger partial charge in [0.1, 0.15) is 5.82 Å². The Kier molecular flexibility index (Phi) is 8.76. The molecular weight excluding hydrogens is 431 g/mol. The quantitative estimate of drug-likeness (QED) is 0.544. The first-order chi connectivity index (χ1) is 15.4. The molecule has 1 aliphatic rings. The number of likely N-dealkylation sites (tertiary alicyclic amines) is 1. The Bertz CT molecular complexity index is 916. The number of hydrogen-bond donors (Lipinski definition) is 1. The molecule has 0 saturated carbocycles. The van der Waals surface area contributed by atoms with E-state index in [2.05, 4.69) is 10.2 Å². The van der Waals surface area contributed by atoms with E-state index in [0.29, 0.717) is 41.8 Å². The van der Waals surface area contributed by atoms with Crippen LogP contribution in [0.25, 0.3) is 0 Å². The van der Waals surface area contributed by atoms with Crippen molar-refractivity contribution in [3.63, 3.8) is 0 Å². The van der Waals surface area contributed by atoms with Crippen LogP contribution in [-0.2, 0) is 11.3 Å². The molecule has 0 aromatic heterocycles. The monoisotopic (exact) mass is 462 g/mol. The van der Waals surface area contributed by atoms with Crippen LogP contribution in [0.4, 0.5) is 4.39 Å². The molecule has 1 heterocycles. The Morgan fingerprint density at radius 3 is 2.47 bits per heavy atom. The van der Waals surface area contributed by atoms with E-state index in [9.17, 15) is 9.18 Å². The molecule has 7 heteroatoms. The predicted octanol–water partition coefficient (Wildman–Crippen LogP) is 5.37. The molecule has 0 bridgehead atoms. The van der Waals surface area contributed by atoms with Gasteiger partial charge in [-0.05, 0) is 76.5 Å². The van der Waals surface area contributed by atoms with E-state index >= 15 is 0 Å². The van der Waals surface area contributed by atoms with Gasteiger partial charge in [0.2, 0.25) is 5.91 Å². The lowest BCUT2D eigenvalue weighted by molar-refractivity contribution is -0.127. The van der Waals surface area contributed by atoms with Crippen LogP contribution in [0.5, 0.6) is 11.5 Å². The minimum absolute atomic E-state index is 0.0437. The number of piperidine rings is 1. The van der Waals surface area contributed by atoms with Crippen molar-refractivity contribution in [2.45, 2.75) is 46.2 Å². The molecule has 0 aliphatic carbocycles. The first-order valence-corrected chi connectivity index (χ1v) is 11.6. The molecule has 2 aromatic carbocycles. The van der Waals surface area contributed by atoms with Crippen molar-refractivity contribution >= 4 is 17.5 Å². The highest BCUT2D eigenvalue weighted by molar-refractivity contribution is 6.30. The van der Waals surface area contributed by atoms with E-state index in [-0.39, 0.29) is 23.7 Å². The average molecular weight is 463 g/mol. The summed E-state index contributed by atoms with van der Waals surface area (Å²) in [7, 11) is 0. The second kappa shape index (κ2) is 11.5. The topological polar surface area (TPSA) is 50.8 Å². The van der Waals surface area contributed by atoms with Crippen LogP contribution in [0, 0.1) is 11.7 Å². The van der Waals surface area contributed by atoms with Crippen molar-refractivity contribution < 1.29 is 18.7 Å². The molecule has 32 heavy (non-hydrogen) atoms. The Morgan fingerprint density at radius 1 is 1.12 bits per heavy atom. The lowest BCUT2D eigenvalue weighted by Crippen LogP contribution is -2.41. The fourth-order valence-electron chi connectivity index (χ4n) is 4.00. The summed E-state index contributed by atoms with van der Waals surface area (Å²) in [5.41, 5.74) is 1.60. The van der Waals surface area contributed by atoms with E-state index in [1.54, 1.807) is 12.1 Å². The van der Waals surface area contributed by atoms with Gasteiger partial charge in [-0.15, -0.1) is 0 Å². The number of carbonyl (C=O) groups is 1. The SMILES string of the molecule is CCOc1ccc([C@@H](C)NC(=O)C2CCN(Cc3ccc(Cl)cc3F)CC2)cc1OCC. The van der Waals surface area contributed by atoms with Crippen LogP contribution >= 0.6 is 11.6 Å². The smallest absolute Gasteiger partial charge is 0.223 e. The number of ether oxygens (including phenoxy) is 2. The van der Waals surface area contributed by atoms with E-state index in [1.807, 2.05) is 39.0 Å². The molecule has 0 unspecified atom stereocenters. The summed E-state index contributed by atoms with van der Waals surface area (Å²) in [4.78, 5) is 15.0. The molecule has 1 N–H and O–H groups in total. The first kappa shape index (κ1) is 24.3. The summed E-state index contributed by atoms with van der Waals surface area (Å²) < 4.78 is 25.4. The molecule has 1 saturated heterocycles. The number of carbonyl (C=O) groups excluding carboxylic acids is 1. The number of amides is 1. The molecule has 3 rings (SSSR count). The van der Waals surface area contributed by atoms with Gasteiger partial charge in [0.05, 0.1) is 19.3 Å². The molecule has 174 valence electrons. The summed E-state index contributed by atoms with van der Waals surface area (Å²) in [6.45, 7) is 8.99. The zero-order valence-electron chi connectivity index (χ0n) is 19.0. The standard InChI is InChI=1S/C25H32ClFN2O3/c1-4-31-23-9-7-19(14-24(23)32-5-2)17(3)28-25(30)18-10-12-29(13-11-18)16-20-6-8-21(26)15-22(20)27/h6-9,14-15,17-18H,4-5,10-13,16H2,1-3H3,(H,28,30)/t17-/m1/s1. The molecule has 1 fully saturated rings. The Balaban J connectivity index is 1.53. The van der Waals surface area contributed by atoms with Crippen LogP contribution in [0.15, 0.2) is 36.4 Å². The summed E-state index contributed by atoms with van der Waals surface area (Å²) in [5.74, 6) is 1.13. The highest BCUT2D eigenvalue weighted by atomic mass is 35.5. The van der Waals surface area contributed by atoms with Gasteiger partial charge in [-0.3, -0.25) is 9.69 Å². The van der Waals surface area contributed by atoms with Gasteiger partial charge >= 0.3 is 0 Å². The Labute approximate surface area is 194 Å². The number of rotatable bonds is 9. The Hall–Kier alpha value is -2.31. The lowest BCUT2D eigenvalue weighted by Gasteiger charge is -2.32. The van der Waals surface area contributed by atoms with Crippen LogP contribution in [0.3, 0.4) is 0 Å². The van der Waals surface area contributed by atoms with Crippen LogP contribution in [0.2, 0.25) is 5.02 Å². The van der Waals surface area contributed by atoms with Crippen LogP contribution in [0.1, 0.15) is 50.8 Å². The maximum Gasteiger partial charge on any atom is 0.223 e. The first-order valence-electron chi connectivity index (χ1n) is 11.3. The summed E-state index contributed by atoms with van der Waals surface area (Å²) >= 11 is 5.83. The molecule has 5 nitrogen and oxygen atoms in total. The number of nitrogens with one attached hydrogen (secondary N) is 1. The number of benzene rings is 2. The summed E-state index contributed by atoms with van der Waals surface area (Å²) in [5, 5.41) is 3.54. The molecule has 1 amide bonds. The third-order valence-electron chi connectivity index (χ3n) is 5.79. The minimum Gasteiger partial charge on any atom is -0.490 e. The zero-order chi connectivity index (χ0) is 23.1. The van der Waals surface area contributed by atoms with Crippen molar-refractivity contribution in [3.05, 3.63) is 58.4 Å². The van der Waals surface area contributed by atoms with Crippen molar-refractivity contribution in [2.75, 3.05) is 26.3 Å². The van der Waals surface area contributed by atoms with E-state index in [0.717, 1.165) is 31.5 Å². The zero-order valence-corrected chi connectivity index (χ0v) is 19.8. The predicted molar refractivity (Wildman–Crippen MR) is 125 cm³/mol. The fourth-order valence-corrected chi connectivity index (χ4v) is 4.15. The van der Waals surface area contributed by atoms with E-state index < -0.39 is 0 Å². The highest BCUT2D eigenvalue weighted by Crippen LogP contribution is 2.31. The van der Waals surface area contributed by atoms with Gasteiger partial charge in [-0.25, -0.2) is 4.39 Å². The molecular formula is C25H32ClFN2O3. The van der Waals surface area contributed by atoms with Gasteiger partial charge in [0.15, 0.2) is 11.5 Å². The third kappa shape index (κ3) is 6.36. The molecule has 2 aromatic rings. The number of nitrogens with zero attached hydrogens (tertiary/aromatic N) is 1. The number of hydrogen-bond acceptors (Lipinski definition) is 4. The van der Waals surface area contributed by atoms with Crippen molar-refractivity contribution in [2.24, 2.45) is 5.92 Å². The van der Waals surface area contributed by atoms with Gasteiger partial charge < -0.3 is 14.8 Å². The highest BCUT2D eigenvalue weighted by Gasteiger charge is 2.26. The maximum atomic E-state index is 14.1. The largest absolute Gasteiger partial charge is 0.490 e. The average Bonchev–Trinajstić information content (AvgIpc) is 2.77. The lowest BCUT2D eigenvalue weighted by atomic mass is 9.94. The van der Waals surface area contributed by atoms with Crippen molar-refractivity contribution in [1.82, 2.24) is 10.2 Å². The Morgan fingerprint density at radius 2 is 1.81 bits per heavy atom. The summed E-state index contributed by atoms with van der Waals surface area (Å²) in [6.07, 6.45) is 1.50. The fraction of sp³-hybridized carbons (Fsp3) is 0.480. The van der Waals surface area contributed by atoms with Crippen LogP contribution in [-0.4, -0.2) is 37.1 Å². The van der Waals surface area contributed by atoms with Gasteiger partial charge in [-0.1, -0.05) is 23.7 Å². The van der Waals surface area contributed by atoms with Crippen molar-refractivity contribution in [1.29, 1.82) is 0 Å². The second-order valence-corrected chi connectivity index (χ2v) is 8.53. The third-order valence-corrected chi connectivity index (χ3v) is 6.03. The summed E-state index contributed by atoms with van der Waals surface area (Å²) in [6, 6.07) is 10.4. The molecule has 0 spiro atoms. The molecule has 0 radical (unpaired) electrons. The van der Waals surface area contributed by atoms with Crippen LogP contribution < -0.4 is 14.8 Å². The normalized spacial score (nSPS) is 15.9. The number of halogens is 2. The van der Waals surface area contributed by atoms with Crippen molar-refractivity contribution in [3.8, 4) is 11.5 Å². The van der Waals surface area contributed by atoms with E-state index in [4.69, 9.17) is 21.1 Å². The van der Waals surface area contributed by atoms with Gasteiger partial charge in [-0.2, -0.15) is 0 Å². The van der Waals surface area contributed by atoms with Gasteiger partial charge in [0, 0.05) is 23.0 Å².